The Kier molecular flexibility index (Phi) is 2.06. The number of ether oxygens (including phenoxy) is 1. The molecule has 0 radical (unpaired) electrons. The van der Waals surface area contributed by atoms with Crippen LogP contribution >= 0.6 is 11.6 Å². The number of aliphatic hydroxyl groups is 2. The van der Waals surface area contributed by atoms with Gasteiger partial charge in [-0.15, -0.1) is 0 Å². The van der Waals surface area contributed by atoms with Crippen LogP contribution in [-0.4, -0.2) is 28.4 Å². The van der Waals surface area contributed by atoms with Crippen LogP contribution in [-0.2, 0) is 9.53 Å². The Hall–Kier alpha value is -0.740. The Balaban J connectivity index is 2.86. The van der Waals surface area contributed by atoms with Gasteiger partial charge in [0, 0.05) is 0 Å². The van der Waals surface area contributed by atoms with Crippen molar-refractivity contribution in [1.29, 1.82) is 0 Å². The number of carbonyl (C=O) groups is 1. The van der Waals surface area contributed by atoms with Crippen molar-refractivity contribution in [2.45, 2.75) is 19.1 Å². The lowest BCUT2D eigenvalue weighted by Crippen LogP contribution is -2.23. The molecule has 5 heteroatoms. The summed E-state index contributed by atoms with van der Waals surface area (Å²) in [6, 6.07) is 0. The molecule has 62 valence electrons. The fourth-order valence-corrected chi connectivity index (χ4v) is 1.07. The summed E-state index contributed by atoms with van der Waals surface area (Å²) >= 11 is 5.44. The first kappa shape index (κ1) is 8.36. The Morgan fingerprint density at radius 2 is 2.27 bits per heavy atom. The lowest BCUT2D eigenvalue weighted by atomic mass is 10.2. The summed E-state index contributed by atoms with van der Waals surface area (Å²) in [6.07, 6.45) is -1.82. The molecule has 2 atom stereocenters. The van der Waals surface area contributed by atoms with E-state index in [9.17, 15) is 4.79 Å². The molecule has 0 aromatic rings. The van der Waals surface area contributed by atoms with Crippen LogP contribution in [0, 0.1) is 0 Å². The van der Waals surface area contributed by atoms with Crippen molar-refractivity contribution in [2.24, 2.45) is 0 Å². The van der Waals surface area contributed by atoms with Gasteiger partial charge in [-0.1, -0.05) is 11.6 Å². The Bertz CT molecular complexity index is 221. The summed E-state index contributed by atoms with van der Waals surface area (Å²) in [5.74, 6) is -1.50. The third-order valence-corrected chi connectivity index (χ3v) is 1.74. The Morgan fingerprint density at radius 3 is 2.45 bits per heavy atom. The number of cyclic esters (lactones) is 1. The third-order valence-electron chi connectivity index (χ3n) is 1.34. The molecule has 0 aliphatic carbocycles. The molecule has 0 bridgehead atoms. The molecule has 0 saturated heterocycles. The van der Waals surface area contributed by atoms with Crippen molar-refractivity contribution in [3.05, 3.63) is 10.8 Å². The molecule has 4 nitrogen and oxygen atoms in total. The van der Waals surface area contributed by atoms with E-state index in [4.69, 9.17) is 21.8 Å². The fourth-order valence-electron chi connectivity index (χ4n) is 0.765. The molecule has 1 heterocycles. The summed E-state index contributed by atoms with van der Waals surface area (Å²) in [7, 11) is 0. The van der Waals surface area contributed by atoms with Crippen LogP contribution in [0.1, 0.15) is 6.92 Å². The fraction of sp³-hybridized carbons (Fsp3) is 0.500. The highest BCUT2D eigenvalue weighted by atomic mass is 35.5. The number of rotatable bonds is 1. The molecule has 0 spiro atoms. The SMILES string of the molecule is C[C@@H](O)[C@@H]1OC(=O)C(O)=C1Cl. The minimum absolute atomic E-state index is 0.134. The number of hydrogen-bond donors (Lipinski definition) is 2. The number of hydrogen-bond acceptors (Lipinski definition) is 4. The standard InChI is InChI=1S/C6H7ClO4/c1-2(8)5-3(7)4(9)6(10)11-5/h2,5,8-9H,1H3/t2-,5+/m1/s1. The highest BCUT2D eigenvalue weighted by Gasteiger charge is 2.35. The summed E-state index contributed by atoms with van der Waals surface area (Å²) < 4.78 is 4.50. The second-order valence-corrected chi connectivity index (χ2v) is 2.67. The van der Waals surface area contributed by atoms with Gasteiger partial charge in [0.1, 0.15) is 5.03 Å². The van der Waals surface area contributed by atoms with E-state index in [1.807, 2.05) is 0 Å². The topological polar surface area (TPSA) is 66.8 Å². The zero-order valence-corrected chi connectivity index (χ0v) is 6.50. The van der Waals surface area contributed by atoms with Gasteiger partial charge >= 0.3 is 5.97 Å². The quantitative estimate of drug-likeness (QED) is 0.567. The van der Waals surface area contributed by atoms with Gasteiger partial charge in [0.05, 0.1) is 6.10 Å². The number of aliphatic hydroxyl groups excluding tert-OH is 2. The van der Waals surface area contributed by atoms with E-state index >= 15 is 0 Å². The molecule has 1 aliphatic heterocycles. The van der Waals surface area contributed by atoms with Crippen LogP contribution in [0.4, 0.5) is 0 Å². The van der Waals surface area contributed by atoms with Gasteiger partial charge in [-0.2, -0.15) is 0 Å². The van der Waals surface area contributed by atoms with Crippen LogP contribution in [0.2, 0.25) is 0 Å². The second-order valence-electron chi connectivity index (χ2n) is 2.26. The van der Waals surface area contributed by atoms with Gasteiger partial charge in [0.15, 0.2) is 6.10 Å². The van der Waals surface area contributed by atoms with E-state index in [0.717, 1.165) is 0 Å². The van der Waals surface area contributed by atoms with Crippen molar-refractivity contribution < 1.29 is 19.7 Å². The van der Waals surface area contributed by atoms with Gasteiger partial charge in [-0.05, 0) is 6.92 Å². The first-order valence-electron chi connectivity index (χ1n) is 3.01. The normalized spacial score (nSPS) is 27.2. The first-order valence-corrected chi connectivity index (χ1v) is 3.39. The van der Waals surface area contributed by atoms with Crippen LogP contribution < -0.4 is 0 Å². The molecule has 0 saturated carbocycles. The molecule has 1 rings (SSSR count). The summed E-state index contributed by atoms with van der Waals surface area (Å²) in [5, 5.41) is 17.7. The molecule has 2 N–H and O–H groups in total. The van der Waals surface area contributed by atoms with Crippen LogP contribution in [0.3, 0.4) is 0 Å². The lowest BCUT2D eigenvalue weighted by molar-refractivity contribution is -0.145. The van der Waals surface area contributed by atoms with Crippen molar-refractivity contribution in [1.82, 2.24) is 0 Å². The maximum Gasteiger partial charge on any atom is 0.375 e. The lowest BCUT2D eigenvalue weighted by Gasteiger charge is -2.11. The van der Waals surface area contributed by atoms with Crippen molar-refractivity contribution in [3.63, 3.8) is 0 Å². The van der Waals surface area contributed by atoms with E-state index in [2.05, 4.69) is 4.74 Å². The monoisotopic (exact) mass is 178 g/mol. The van der Waals surface area contributed by atoms with Crippen molar-refractivity contribution in [2.75, 3.05) is 0 Å². The molecule has 0 amide bonds. The minimum Gasteiger partial charge on any atom is -0.501 e. The Labute approximate surface area is 68.0 Å². The molecule has 0 fully saturated rings. The maximum atomic E-state index is 10.6. The maximum absolute atomic E-state index is 10.6. The zero-order chi connectivity index (χ0) is 8.59. The third kappa shape index (κ3) is 1.32. The summed E-state index contributed by atoms with van der Waals surface area (Å²) in [5.41, 5.74) is 0. The van der Waals surface area contributed by atoms with E-state index in [1.54, 1.807) is 0 Å². The van der Waals surface area contributed by atoms with E-state index in [1.165, 1.54) is 6.92 Å². The Morgan fingerprint density at radius 1 is 1.73 bits per heavy atom. The van der Waals surface area contributed by atoms with Crippen molar-refractivity contribution in [3.8, 4) is 0 Å². The first-order chi connectivity index (χ1) is 5.04. The summed E-state index contributed by atoms with van der Waals surface area (Å²) in [6.45, 7) is 1.42. The largest absolute Gasteiger partial charge is 0.501 e. The molecule has 0 aromatic carbocycles. The van der Waals surface area contributed by atoms with Gasteiger partial charge in [0.25, 0.3) is 0 Å². The van der Waals surface area contributed by atoms with E-state index in [0.29, 0.717) is 0 Å². The van der Waals surface area contributed by atoms with Gasteiger partial charge in [-0.25, -0.2) is 4.79 Å². The smallest absolute Gasteiger partial charge is 0.375 e. The molecule has 1 aliphatic rings. The van der Waals surface area contributed by atoms with Crippen LogP contribution in [0.25, 0.3) is 0 Å². The summed E-state index contributed by atoms with van der Waals surface area (Å²) in [4.78, 5) is 10.6. The number of carbonyl (C=O) groups excluding carboxylic acids is 1. The number of halogens is 1. The van der Waals surface area contributed by atoms with Crippen LogP contribution in [0.15, 0.2) is 10.8 Å². The highest BCUT2D eigenvalue weighted by molar-refractivity contribution is 6.32. The van der Waals surface area contributed by atoms with Gasteiger partial charge < -0.3 is 14.9 Å². The second kappa shape index (κ2) is 2.71. The van der Waals surface area contributed by atoms with E-state index in [-0.39, 0.29) is 5.03 Å². The van der Waals surface area contributed by atoms with E-state index < -0.39 is 23.9 Å². The van der Waals surface area contributed by atoms with Crippen molar-refractivity contribution >= 4 is 17.6 Å². The molecule has 0 aromatic heterocycles. The average molecular weight is 179 g/mol. The zero-order valence-electron chi connectivity index (χ0n) is 5.74. The minimum atomic E-state index is -0.913. The number of esters is 1. The molecular formula is C6H7ClO4. The predicted molar refractivity (Wildman–Crippen MR) is 37.1 cm³/mol. The van der Waals surface area contributed by atoms with Crippen LogP contribution in [0.5, 0.6) is 0 Å². The molecule has 0 unspecified atom stereocenters. The average Bonchev–Trinajstić information content (AvgIpc) is 2.17. The molecular weight excluding hydrogens is 172 g/mol. The van der Waals surface area contributed by atoms with Gasteiger partial charge in [-0.3, -0.25) is 0 Å². The van der Waals surface area contributed by atoms with Gasteiger partial charge in [0.2, 0.25) is 5.76 Å². The predicted octanol–water partition coefficient (Wildman–Crippen LogP) is 0.301. The highest BCUT2D eigenvalue weighted by Crippen LogP contribution is 2.26. The molecule has 11 heavy (non-hydrogen) atoms.